The van der Waals surface area contributed by atoms with Crippen molar-refractivity contribution in [2.75, 3.05) is 12.1 Å². The maximum absolute atomic E-state index is 12.5. The van der Waals surface area contributed by atoms with Gasteiger partial charge in [-0.25, -0.2) is 0 Å². The molecule has 1 N–H and O–H groups in total. The van der Waals surface area contributed by atoms with E-state index in [4.69, 9.17) is 25.8 Å². The minimum absolute atomic E-state index is 0.0776. The molecule has 1 atom stereocenters. The summed E-state index contributed by atoms with van der Waals surface area (Å²) >= 11 is 9.24. The largest absolute Gasteiger partial charge is 0.480 e. The van der Waals surface area contributed by atoms with Crippen molar-refractivity contribution < 1.29 is 23.8 Å². The normalized spacial score (nSPS) is 13.2. The highest BCUT2D eigenvalue weighted by Crippen LogP contribution is 2.37. The van der Waals surface area contributed by atoms with Gasteiger partial charge in [-0.2, -0.15) is 0 Å². The average Bonchev–Trinajstić information content (AvgIpc) is 3.03. The Morgan fingerprint density at radius 2 is 1.92 bits per heavy atom. The van der Waals surface area contributed by atoms with Crippen molar-refractivity contribution in [2.24, 2.45) is 0 Å². The second-order valence-electron chi connectivity index (χ2n) is 5.63. The quantitative estimate of drug-likeness (QED) is 0.696. The van der Waals surface area contributed by atoms with Crippen molar-refractivity contribution in [1.82, 2.24) is 0 Å². The van der Waals surface area contributed by atoms with Gasteiger partial charge in [-0.15, -0.1) is 0 Å². The van der Waals surface area contributed by atoms with Gasteiger partial charge >= 0.3 is 0 Å². The van der Waals surface area contributed by atoms with Gasteiger partial charge in [0.15, 0.2) is 23.4 Å². The summed E-state index contributed by atoms with van der Waals surface area (Å²) in [4.78, 5) is 24.4. The standard InChI is InChI=1S/C18H15BrClNO5/c1-9(22)12-6-16-17(25-8-24-16)7-14(12)21-18(23)10(2)26-15-4-3-11(20)5-13(15)19/h3-7,10H,8H2,1-2H3,(H,21,23). The fraction of sp³-hybridized carbons (Fsp3) is 0.222. The maximum Gasteiger partial charge on any atom is 0.265 e. The highest BCUT2D eigenvalue weighted by molar-refractivity contribution is 9.10. The number of amides is 1. The summed E-state index contributed by atoms with van der Waals surface area (Å²) in [6.45, 7) is 3.10. The third-order valence-corrected chi connectivity index (χ3v) is 4.57. The van der Waals surface area contributed by atoms with Crippen LogP contribution in [0.2, 0.25) is 5.02 Å². The fourth-order valence-electron chi connectivity index (χ4n) is 2.39. The Balaban J connectivity index is 1.78. The lowest BCUT2D eigenvalue weighted by Crippen LogP contribution is -2.30. The number of ether oxygens (including phenoxy) is 3. The van der Waals surface area contributed by atoms with Gasteiger partial charge < -0.3 is 19.5 Å². The number of hydrogen-bond donors (Lipinski definition) is 1. The lowest BCUT2D eigenvalue weighted by molar-refractivity contribution is -0.122. The Bertz CT molecular complexity index is 886. The van der Waals surface area contributed by atoms with E-state index in [1.165, 1.54) is 6.92 Å². The minimum atomic E-state index is -0.808. The van der Waals surface area contributed by atoms with Crippen molar-refractivity contribution in [3.05, 3.63) is 45.4 Å². The molecule has 1 amide bonds. The number of nitrogens with one attached hydrogen (secondary N) is 1. The predicted octanol–water partition coefficient (Wildman–Crippen LogP) is 4.44. The molecule has 0 fully saturated rings. The Morgan fingerprint density at radius 3 is 2.58 bits per heavy atom. The molecule has 0 spiro atoms. The van der Waals surface area contributed by atoms with Crippen LogP contribution in [0.3, 0.4) is 0 Å². The van der Waals surface area contributed by atoms with Crippen molar-refractivity contribution in [1.29, 1.82) is 0 Å². The summed E-state index contributed by atoms with van der Waals surface area (Å²) in [5.41, 5.74) is 0.680. The summed E-state index contributed by atoms with van der Waals surface area (Å²) < 4.78 is 16.9. The number of Topliss-reactive ketones (excluding diaryl/α,β-unsaturated/α-hetero) is 1. The molecule has 1 heterocycles. The van der Waals surface area contributed by atoms with E-state index < -0.39 is 12.0 Å². The summed E-state index contributed by atoms with van der Waals surface area (Å²) in [6.07, 6.45) is -0.808. The molecular formula is C18H15BrClNO5. The van der Waals surface area contributed by atoms with Crippen molar-refractivity contribution in [2.45, 2.75) is 20.0 Å². The van der Waals surface area contributed by atoms with E-state index in [1.54, 1.807) is 37.3 Å². The van der Waals surface area contributed by atoms with Gasteiger partial charge in [0.05, 0.1) is 10.2 Å². The summed E-state index contributed by atoms with van der Waals surface area (Å²) in [7, 11) is 0. The van der Waals surface area contributed by atoms with Gasteiger partial charge in [0.1, 0.15) is 5.75 Å². The molecule has 1 aliphatic rings. The van der Waals surface area contributed by atoms with E-state index in [0.717, 1.165) is 0 Å². The van der Waals surface area contributed by atoms with Gasteiger partial charge in [-0.3, -0.25) is 9.59 Å². The average molecular weight is 441 g/mol. The number of carbonyl (C=O) groups excluding carboxylic acids is 2. The van der Waals surface area contributed by atoms with Gasteiger partial charge in [-0.1, -0.05) is 11.6 Å². The highest BCUT2D eigenvalue weighted by atomic mass is 79.9. The van der Waals surface area contributed by atoms with E-state index in [2.05, 4.69) is 21.2 Å². The molecule has 0 aliphatic carbocycles. The molecule has 2 aromatic carbocycles. The fourth-order valence-corrected chi connectivity index (χ4v) is 3.16. The number of carbonyl (C=O) groups is 2. The van der Waals surface area contributed by atoms with Crippen LogP contribution in [0.5, 0.6) is 17.2 Å². The van der Waals surface area contributed by atoms with Crippen LogP contribution in [0, 0.1) is 0 Å². The highest BCUT2D eigenvalue weighted by Gasteiger charge is 2.23. The molecule has 136 valence electrons. The number of fused-ring (bicyclic) bond motifs is 1. The lowest BCUT2D eigenvalue weighted by Gasteiger charge is -2.17. The van der Waals surface area contributed by atoms with E-state index in [9.17, 15) is 9.59 Å². The zero-order valence-electron chi connectivity index (χ0n) is 14.0. The molecule has 26 heavy (non-hydrogen) atoms. The van der Waals surface area contributed by atoms with E-state index in [-0.39, 0.29) is 12.6 Å². The van der Waals surface area contributed by atoms with Crippen LogP contribution in [0.1, 0.15) is 24.2 Å². The summed E-state index contributed by atoms with van der Waals surface area (Å²) in [6, 6.07) is 8.13. The van der Waals surface area contributed by atoms with Crippen molar-refractivity contribution in [3.8, 4) is 17.2 Å². The molecule has 2 aromatic rings. The number of rotatable bonds is 5. The Morgan fingerprint density at radius 1 is 1.23 bits per heavy atom. The van der Waals surface area contributed by atoms with Crippen molar-refractivity contribution in [3.63, 3.8) is 0 Å². The molecule has 0 bridgehead atoms. The van der Waals surface area contributed by atoms with Gasteiger partial charge in [0.25, 0.3) is 5.91 Å². The number of ketones is 1. The first-order chi connectivity index (χ1) is 12.3. The molecule has 0 radical (unpaired) electrons. The smallest absolute Gasteiger partial charge is 0.265 e. The van der Waals surface area contributed by atoms with Crippen LogP contribution in [0.4, 0.5) is 5.69 Å². The molecule has 0 saturated heterocycles. The zero-order valence-corrected chi connectivity index (χ0v) is 16.3. The van der Waals surface area contributed by atoms with Gasteiger partial charge in [0, 0.05) is 16.7 Å². The second kappa shape index (κ2) is 7.55. The van der Waals surface area contributed by atoms with Crippen LogP contribution in [-0.2, 0) is 4.79 Å². The van der Waals surface area contributed by atoms with Crippen LogP contribution in [-0.4, -0.2) is 24.6 Å². The first-order valence-electron chi connectivity index (χ1n) is 7.72. The Kier molecular flexibility index (Phi) is 5.38. The predicted molar refractivity (Wildman–Crippen MR) is 100 cm³/mol. The summed E-state index contributed by atoms with van der Waals surface area (Å²) in [5, 5.41) is 3.26. The number of benzene rings is 2. The molecule has 8 heteroatoms. The lowest BCUT2D eigenvalue weighted by atomic mass is 10.1. The first-order valence-corrected chi connectivity index (χ1v) is 8.89. The molecule has 6 nitrogen and oxygen atoms in total. The van der Waals surface area contributed by atoms with Crippen molar-refractivity contribution >= 4 is 44.9 Å². The Labute approximate surface area is 163 Å². The third kappa shape index (κ3) is 3.94. The first kappa shape index (κ1) is 18.5. The Hall–Kier alpha value is -2.25. The zero-order chi connectivity index (χ0) is 18.8. The van der Waals surface area contributed by atoms with E-state index >= 15 is 0 Å². The molecule has 0 saturated carbocycles. The molecule has 1 unspecified atom stereocenters. The topological polar surface area (TPSA) is 73.9 Å². The van der Waals surface area contributed by atoms with Gasteiger partial charge in [-0.05, 0) is 54.0 Å². The van der Waals surface area contributed by atoms with Crippen LogP contribution in [0.25, 0.3) is 0 Å². The molecular weight excluding hydrogens is 426 g/mol. The second-order valence-corrected chi connectivity index (χ2v) is 6.92. The van der Waals surface area contributed by atoms with E-state index in [1.807, 2.05) is 0 Å². The molecule has 3 rings (SSSR count). The van der Waals surface area contributed by atoms with E-state index in [0.29, 0.717) is 38.0 Å². The third-order valence-electron chi connectivity index (χ3n) is 3.72. The number of anilines is 1. The maximum atomic E-state index is 12.5. The molecule has 1 aliphatic heterocycles. The SMILES string of the molecule is CC(=O)c1cc2c(cc1NC(=O)C(C)Oc1ccc(Cl)cc1Br)OCO2. The van der Waals surface area contributed by atoms with Crippen LogP contribution in [0.15, 0.2) is 34.8 Å². The van der Waals surface area contributed by atoms with Gasteiger partial charge in [0.2, 0.25) is 6.79 Å². The monoisotopic (exact) mass is 439 g/mol. The summed E-state index contributed by atoms with van der Waals surface area (Å²) in [5.74, 6) is 0.817. The number of hydrogen-bond acceptors (Lipinski definition) is 5. The minimum Gasteiger partial charge on any atom is -0.480 e. The van der Waals surface area contributed by atoms with Crippen LogP contribution >= 0.6 is 27.5 Å². The van der Waals surface area contributed by atoms with Crippen LogP contribution < -0.4 is 19.5 Å². The molecule has 0 aromatic heterocycles. The number of halogens is 2.